The number of carboxylic acids is 1. The zero-order valence-electron chi connectivity index (χ0n) is 15.6. The van der Waals surface area contributed by atoms with Crippen molar-refractivity contribution < 1.29 is 19.5 Å². The molecule has 3 N–H and O–H groups in total. The molecule has 146 valence electrons. The number of nitrogens with one attached hydrogen (secondary N) is 2. The van der Waals surface area contributed by atoms with Gasteiger partial charge in [0.25, 0.3) is 5.91 Å². The number of carboxylic acid groups (broad SMARTS) is 1. The first kappa shape index (κ1) is 19.5. The van der Waals surface area contributed by atoms with E-state index in [1.807, 2.05) is 0 Å². The predicted octanol–water partition coefficient (Wildman–Crippen LogP) is 2.39. The monoisotopic (exact) mass is 372 g/mol. The average Bonchev–Trinajstić information content (AvgIpc) is 2.69. The summed E-state index contributed by atoms with van der Waals surface area (Å²) in [6.45, 7) is 2.09. The van der Waals surface area contributed by atoms with Gasteiger partial charge >= 0.3 is 5.97 Å². The maximum Gasteiger partial charge on any atom is 0.326 e. The topological polar surface area (TPSA) is 95.5 Å². The van der Waals surface area contributed by atoms with Gasteiger partial charge in [0.15, 0.2) is 0 Å². The molecule has 1 aliphatic heterocycles. The van der Waals surface area contributed by atoms with Gasteiger partial charge in [-0.05, 0) is 69.2 Å². The summed E-state index contributed by atoms with van der Waals surface area (Å²) in [7, 11) is 0. The fourth-order valence-electron chi connectivity index (χ4n) is 4.41. The number of amides is 1. The van der Waals surface area contributed by atoms with Crippen LogP contribution in [0.1, 0.15) is 55.3 Å². The second kappa shape index (κ2) is 8.65. The highest BCUT2D eigenvalue weighted by Gasteiger charge is 2.38. The number of carbonyl (C=O) groups is 3. The second-order valence-electron chi connectivity index (χ2n) is 7.93. The Labute approximate surface area is 159 Å². The van der Waals surface area contributed by atoms with E-state index in [-0.39, 0.29) is 18.1 Å². The summed E-state index contributed by atoms with van der Waals surface area (Å²) in [5.41, 5.74) is 0.761. The van der Waals surface area contributed by atoms with Gasteiger partial charge in [0.05, 0.1) is 0 Å². The van der Waals surface area contributed by atoms with Gasteiger partial charge in [-0.25, -0.2) is 4.79 Å². The van der Waals surface area contributed by atoms with Crippen molar-refractivity contribution in [3.05, 3.63) is 35.9 Å². The van der Waals surface area contributed by atoms with Crippen molar-refractivity contribution in [3.8, 4) is 0 Å². The zero-order chi connectivity index (χ0) is 19.3. The molecule has 1 saturated carbocycles. The number of ketones is 1. The molecule has 1 aromatic rings. The van der Waals surface area contributed by atoms with Crippen molar-refractivity contribution >= 4 is 17.7 Å². The normalized spacial score (nSPS) is 20.7. The molecule has 1 aromatic carbocycles. The van der Waals surface area contributed by atoms with Crippen LogP contribution in [0.25, 0.3) is 0 Å². The summed E-state index contributed by atoms with van der Waals surface area (Å²) >= 11 is 0. The number of hydrogen-bond donors (Lipinski definition) is 3. The lowest BCUT2D eigenvalue weighted by Crippen LogP contribution is -2.44. The molecule has 0 bridgehead atoms. The maximum absolute atomic E-state index is 12.7. The summed E-state index contributed by atoms with van der Waals surface area (Å²) in [6.07, 6.45) is 5.93. The highest BCUT2D eigenvalue weighted by Crippen LogP contribution is 2.45. The number of piperidine rings is 1. The van der Waals surface area contributed by atoms with E-state index < -0.39 is 17.9 Å². The average molecular weight is 372 g/mol. The minimum atomic E-state index is -1.18. The summed E-state index contributed by atoms with van der Waals surface area (Å²) in [6, 6.07) is 7.28. The quantitative estimate of drug-likeness (QED) is 0.713. The fourth-order valence-corrected chi connectivity index (χ4v) is 4.41. The first-order valence-corrected chi connectivity index (χ1v) is 9.81. The summed E-state index contributed by atoms with van der Waals surface area (Å²) in [5, 5.41) is 15.3. The van der Waals surface area contributed by atoms with Crippen LogP contribution in [-0.4, -0.2) is 41.9 Å². The van der Waals surface area contributed by atoms with Crippen LogP contribution in [0, 0.1) is 11.3 Å². The van der Waals surface area contributed by atoms with Gasteiger partial charge in [-0.15, -0.1) is 0 Å². The number of aliphatic carboxylic acids is 1. The highest BCUT2D eigenvalue weighted by molar-refractivity contribution is 5.98. The summed E-state index contributed by atoms with van der Waals surface area (Å²) in [5.74, 6) is -1.76. The maximum atomic E-state index is 12.7. The molecule has 2 fully saturated rings. The number of benzene rings is 1. The third-order valence-corrected chi connectivity index (χ3v) is 6.21. The number of hydrogen-bond acceptors (Lipinski definition) is 4. The summed E-state index contributed by atoms with van der Waals surface area (Å²) < 4.78 is 0. The van der Waals surface area contributed by atoms with Crippen molar-refractivity contribution in [3.63, 3.8) is 0 Å². The van der Waals surface area contributed by atoms with Crippen LogP contribution in [0.3, 0.4) is 0 Å². The molecule has 1 aliphatic carbocycles. The van der Waals surface area contributed by atoms with E-state index in [0.29, 0.717) is 11.0 Å². The van der Waals surface area contributed by atoms with Crippen molar-refractivity contribution in [2.24, 2.45) is 11.3 Å². The molecule has 1 heterocycles. The molecule has 1 atom stereocenters. The van der Waals surface area contributed by atoms with Gasteiger partial charge in [-0.2, -0.15) is 0 Å². The van der Waals surface area contributed by atoms with Crippen molar-refractivity contribution in [1.82, 2.24) is 10.6 Å². The minimum Gasteiger partial charge on any atom is -0.480 e. The van der Waals surface area contributed by atoms with Gasteiger partial charge < -0.3 is 15.7 Å². The Kier molecular flexibility index (Phi) is 6.26. The molecular formula is C21H28N2O4. The minimum absolute atomic E-state index is 0.0421. The van der Waals surface area contributed by atoms with E-state index >= 15 is 0 Å². The number of carbonyl (C=O) groups excluding carboxylic acids is 2. The van der Waals surface area contributed by atoms with Crippen LogP contribution in [-0.2, 0) is 9.59 Å². The van der Waals surface area contributed by atoms with Gasteiger partial charge in [0, 0.05) is 17.9 Å². The van der Waals surface area contributed by atoms with E-state index in [9.17, 15) is 19.5 Å². The molecule has 2 aliphatic rings. The van der Waals surface area contributed by atoms with Crippen LogP contribution < -0.4 is 10.6 Å². The Morgan fingerprint density at radius 1 is 1.07 bits per heavy atom. The van der Waals surface area contributed by atoms with Crippen LogP contribution in [0.5, 0.6) is 0 Å². The van der Waals surface area contributed by atoms with Crippen molar-refractivity contribution in [2.45, 2.75) is 51.0 Å². The van der Waals surface area contributed by atoms with Gasteiger partial charge in [-0.3, -0.25) is 9.59 Å². The molecule has 0 aromatic heterocycles. The number of Topliss-reactive ketones (excluding diaryl/α,β-unsaturated/α-hetero) is 1. The van der Waals surface area contributed by atoms with Crippen LogP contribution in [0.2, 0.25) is 0 Å². The molecule has 6 nitrogen and oxygen atoms in total. The van der Waals surface area contributed by atoms with E-state index in [4.69, 9.17) is 0 Å². The highest BCUT2D eigenvalue weighted by atomic mass is 16.4. The molecule has 1 saturated heterocycles. The van der Waals surface area contributed by atoms with E-state index in [1.165, 1.54) is 12.8 Å². The molecule has 0 radical (unpaired) electrons. The lowest BCUT2D eigenvalue weighted by molar-refractivity contribution is -0.141. The van der Waals surface area contributed by atoms with Crippen molar-refractivity contribution in [2.75, 3.05) is 13.1 Å². The summed E-state index contributed by atoms with van der Waals surface area (Å²) in [4.78, 5) is 36.5. The van der Waals surface area contributed by atoms with Crippen LogP contribution in [0.15, 0.2) is 30.3 Å². The largest absolute Gasteiger partial charge is 0.480 e. The number of rotatable bonds is 6. The lowest BCUT2D eigenvalue weighted by Gasteiger charge is -2.43. The lowest BCUT2D eigenvalue weighted by atomic mass is 9.65. The molecule has 6 heteroatoms. The standard InChI is InChI=1S/C21H28N2O4/c24-18(15-6-8-21(9-7-15)10-12-22-13-11-21)14-17(20(26)27)23-19(25)16-4-2-1-3-5-16/h1-5,15,17,22H,6-14H2,(H,23,25)(H,26,27). The van der Waals surface area contributed by atoms with E-state index in [2.05, 4.69) is 10.6 Å². The van der Waals surface area contributed by atoms with E-state index in [1.54, 1.807) is 30.3 Å². The van der Waals surface area contributed by atoms with Crippen LogP contribution in [0.4, 0.5) is 0 Å². The SMILES string of the molecule is O=C(NC(CC(=O)C1CCC2(CCNCC2)CC1)C(=O)O)c1ccccc1. The Morgan fingerprint density at radius 3 is 2.30 bits per heavy atom. The Morgan fingerprint density at radius 2 is 1.70 bits per heavy atom. The van der Waals surface area contributed by atoms with Gasteiger partial charge in [0.2, 0.25) is 0 Å². The van der Waals surface area contributed by atoms with Crippen LogP contribution >= 0.6 is 0 Å². The fraction of sp³-hybridized carbons (Fsp3) is 0.571. The predicted molar refractivity (Wildman–Crippen MR) is 101 cm³/mol. The Hall–Kier alpha value is -2.21. The third kappa shape index (κ3) is 4.95. The molecule has 1 spiro atoms. The molecule has 1 amide bonds. The van der Waals surface area contributed by atoms with Crippen molar-refractivity contribution in [1.29, 1.82) is 0 Å². The van der Waals surface area contributed by atoms with Gasteiger partial charge in [-0.1, -0.05) is 18.2 Å². The zero-order valence-corrected chi connectivity index (χ0v) is 15.6. The Bertz CT molecular complexity index is 673. The first-order chi connectivity index (χ1) is 13.0. The third-order valence-electron chi connectivity index (χ3n) is 6.21. The molecule has 3 rings (SSSR count). The molecular weight excluding hydrogens is 344 g/mol. The Balaban J connectivity index is 1.54. The molecule has 1 unspecified atom stereocenters. The first-order valence-electron chi connectivity index (χ1n) is 9.81. The molecule has 27 heavy (non-hydrogen) atoms. The second-order valence-corrected chi connectivity index (χ2v) is 7.93. The van der Waals surface area contributed by atoms with E-state index in [0.717, 1.165) is 38.8 Å². The van der Waals surface area contributed by atoms with Gasteiger partial charge in [0.1, 0.15) is 11.8 Å². The smallest absolute Gasteiger partial charge is 0.326 e.